The van der Waals surface area contributed by atoms with E-state index >= 15 is 0 Å². The number of nitro groups is 1. The van der Waals surface area contributed by atoms with Gasteiger partial charge in [-0.25, -0.2) is 9.97 Å². The Balaban J connectivity index is 1.78. The van der Waals surface area contributed by atoms with E-state index in [4.69, 9.17) is 0 Å². The Morgan fingerprint density at radius 3 is 2.65 bits per heavy atom. The molecule has 0 spiro atoms. The summed E-state index contributed by atoms with van der Waals surface area (Å²) in [5.41, 5.74) is 1.91. The minimum atomic E-state index is -0.419. The van der Waals surface area contributed by atoms with Gasteiger partial charge in [0.25, 0.3) is 5.69 Å². The van der Waals surface area contributed by atoms with Crippen LogP contribution in [0.1, 0.15) is 5.56 Å². The van der Waals surface area contributed by atoms with E-state index in [2.05, 4.69) is 43.3 Å². The molecule has 0 amide bonds. The lowest BCUT2D eigenvalue weighted by molar-refractivity contribution is -0.384. The summed E-state index contributed by atoms with van der Waals surface area (Å²) < 4.78 is 1.04. The number of hydrogen-bond donors (Lipinski definition) is 1. The van der Waals surface area contributed by atoms with E-state index in [1.807, 2.05) is 12.1 Å². The van der Waals surface area contributed by atoms with Gasteiger partial charge in [0, 0.05) is 28.5 Å². The summed E-state index contributed by atoms with van der Waals surface area (Å²) in [6.07, 6.45) is 2.28. The van der Waals surface area contributed by atoms with Gasteiger partial charge in [0.05, 0.1) is 10.4 Å². The Morgan fingerprint density at radius 1 is 1.13 bits per heavy atom. The summed E-state index contributed by atoms with van der Waals surface area (Å²) in [4.78, 5) is 18.8. The average Bonchev–Trinajstić information content (AvgIpc) is 2.56. The van der Waals surface area contributed by atoms with Gasteiger partial charge < -0.3 is 5.32 Å². The summed E-state index contributed by atoms with van der Waals surface area (Å²) in [5, 5.41) is 14.8. The van der Waals surface area contributed by atoms with Crippen LogP contribution in [-0.2, 0) is 6.42 Å². The van der Waals surface area contributed by atoms with E-state index in [1.54, 1.807) is 6.07 Å². The fourth-order valence-electron chi connectivity index (χ4n) is 2.28. The van der Waals surface area contributed by atoms with Crippen LogP contribution in [0.2, 0.25) is 0 Å². The largest absolute Gasteiger partial charge is 0.369 e. The highest BCUT2D eigenvalue weighted by Gasteiger charge is 2.10. The molecule has 0 fully saturated rings. The molecule has 6 nitrogen and oxygen atoms in total. The molecule has 0 unspecified atom stereocenters. The van der Waals surface area contributed by atoms with Crippen LogP contribution in [0.5, 0.6) is 0 Å². The van der Waals surface area contributed by atoms with Gasteiger partial charge in [0.15, 0.2) is 0 Å². The number of rotatable bonds is 5. The number of fused-ring (bicyclic) bond motifs is 1. The Morgan fingerprint density at radius 2 is 1.91 bits per heavy atom. The second kappa shape index (κ2) is 6.70. The van der Waals surface area contributed by atoms with E-state index in [1.165, 1.54) is 24.0 Å². The molecule has 0 radical (unpaired) electrons. The van der Waals surface area contributed by atoms with Crippen LogP contribution in [0.3, 0.4) is 0 Å². The van der Waals surface area contributed by atoms with Gasteiger partial charge in [-0.15, -0.1) is 0 Å². The van der Waals surface area contributed by atoms with Crippen LogP contribution < -0.4 is 5.32 Å². The molecule has 0 saturated carbocycles. The van der Waals surface area contributed by atoms with E-state index in [0.717, 1.165) is 10.9 Å². The Kier molecular flexibility index (Phi) is 4.47. The van der Waals surface area contributed by atoms with Crippen molar-refractivity contribution in [1.29, 1.82) is 0 Å². The van der Waals surface area contributed by atoms with Crippen LogP contribution in [-0.4, -0.2) is 21.4 Å². The molecule has 0 bridgehead atoms. The molecule has 2 aromatic carbocycles. The Labute approximate surface area is 140 Å². The predicted molar refractivity (Wildman–Crippen MR) is 92.5 cm³/mol. The quantitative estimate of drug-likeness (QED) is 0.541. The van der Waals surface area contributed by atoms with Crippen molar-refractivity contribution >= 4 is 38.3 Å². The maximum atomic E-state index is 10.9. The lowest BCUT2D eigenvalue weighted by atomic mass is 10.1. The molecule has 1 heterocycles. The number of nitro benzene ring substituents is 1. The molecular formula is C16H13BrN4O2. The summed E-state index contributed by atoms with van der Waals surface area (Å²) in [5.74, 6) is 0.607. The molecule has 0 saturated heterocycles. The first-order valence-electron chi connectivity index (χ1n) is 7.01. The van der Waals surface area contributed by atoms with Crippen molar-refractivity contribution in [2.24, 2.45) is 0 Å². The molecule has 3 aromatic rings. The van der Waals surface area contributed by atoms with Gasteiger partial charge in [-0.2, -0.15) is 0 Å². The molecule has 1 N–H and O–H groups in total. The molecular weight excluding hydrogens is 360 g/mol. The van der Waals surface area contributed by atoms with Crippen LogP contribution in [0.25, 0.3) is 10.9 Å². The van der Waals surface area contributed by atoms with Gasteiger partial charge in [-0.05, 0) is 30.2 Å². The van der Waals surface area contributed by atoms with Crippen molar-refractivity contribution in [3.8, 4) is 0 Å². The number of halogens is 1. The second-order valence-electron chi connectivity index (χ2n) is 4.98. The first-order chi connectivity index (χ1) is 11.1. The van der Waals surface area contributed by atoms with Gasteiger partial charge in [0.2, 0.25) is 0 Å². The van der Waals surface area contributed by atoms with Crippen LogP contribution in [0.4, 0.5) is 11.5 Å². The zero-order chi connectivity index (χ0) is 16.2. The van der Waals surface area contributed by atoms with Crippen molar-refractivity contribution in [2.45, 2.75) is 6.42 Å². The molecule has 0 atom stereocenters. The maximum Gasteiger partial charge on any atom is 0.270 e. The number of anilines is 1. The van der Waals surface area contributed by atoms with Crippen LogP contribution >= 0.6 is 15.9 Å². The number of non-ortho nitro benzene ring substituents is 1. The monoisotopic (exact) mass is 372 g/mol. The lowest BCUT2D eigenvalue weighted by Gasteiger charge is -2.08. The Bertz CT molecular complexity index is 852. The molecule has 116 valence electrons. The van der Waals surface area contributed by atoms with Crippen LogP contribution in [0, 0.1) is 10.1 Å². The highest BCUT2D eigenvalue weighted by atomic mass is 79.9. The number of benzene rings is 2. The number of hydrogen-bond acceptors (Lipinski definition) is 5. The van der Waals surface area contributed by atoms with E-state index in [0.29, 0.717) is 23.3 Å². The molecule has 0 aliphatic rings. The third-order valence-electron chi connectivity index (χ3n) is 3.45. The minimum absolute atomic E-state index is 0.0308. The molecule has 1 aromatic heterocycles. The standard InChI is InChI=1S/C16H13BrN4O2/c17-12-3-1-11(2-4-12)7-8-18-16-14-9-13(21(22)23)5-6-15(14)19-10-20-16/h1-6,9-10H,7-8H2,(H,18,19,20). The summed E-state index contributed by atoms with van der Waals surface area (Å²) >= 11 is 3.41. The fraction of sp³-hybridized carbons (Fsp3) is 0.125. The fourth-order valence-corrected chi connectivity index (χ4v) is 2.54. The minimum Gasteiger partial charge on any atom is -0.369 e. The lowest BCUT2D eigenvalue weighted by Crippen LogP contribution is -2.07. The topological polar surface area (TPSA) is 81.0 Å². The highest BCUT2D eigenvalue weighted by molar-refractivity contribution is 9.10. The normalized spacial score (nSPS) is 10.7. The van der Waals surface area contributed by atoms with E-state index in [9.17, 15) is 10.1 Å². The third-order valence-corrected chi connectivity index (χ3v) is 3.98. The first kappa shape index (κ1) is 15.4. The highest BCUT2D eigenvalue weighted by Crippen LogP contribution is 2.24. The van der Waals surface area contributed by atoms with Gasteiger partial charge in [-0.3, -0.25) is 10.1 Å². The van der Waals surface area contributed by atoms with E-state index < -0.39 is 4.92 Å². The van der Waals surface area contributed by atoms with Crippen LogP contribution in [0.15, 0.2) is 53.3 Å². The third kappa shape index (κ3) is 3.62. The average molecular weight is 373 g/mol. The SMILES string of the molecule is O=[N+]([O-])c1ccc2ncnc(NCCc3ccc(Br)cc3)c2c1. The smallest absolute Gasteiger partial charge is 0.270 e. The maximum absolute atomic E-state index is 10.9. The summed E-state index contributed by atoms with van der Waals surface area (Å²) in [6.45, 7) is 0.677. The molecule has 23 heavy (non-hydrogen) atoms. The van der Waals surface area contributed by atoms with Crippen molar-refractivity contribution in [1.82, 2.24) is 9.97 Å². The molecule has 0 aliphatic heterocycles. The van der Waals surface area contributed by atoms with Gasteiger partial charge >= 0.3 is 0 Å². The number of nitrogens with zero attached hydrogens (tertiary/aromatic N) is 3. The molecule has 0 aliphatic carbocycles. The summed E-state index contributed by atoms with van der Waals surface area (Å²) in [6, 6.07) is 12.7. The first-order valence-corrected chi connectivity index (χ1v) is 7.80. The van der Waals surface area contributed by atoms with Crippen molar-refractivity contribution in [3.05, 3.63) is 68.9 Å². The van der Waals surface area contributed by atoms with Gasteiger partial charge in [-0.1, -0.05) is 28.1 Å². The van der Waals surface area contributed by atoms with E-state index in [-0.39, 0.29) is 5.69 Å². The van der Waals surface area contributed by atoms with Crippen molar-refractivity contribution in [3.63, 3.8) is 0 Å². The number of nitrogens with one attached hydrogen (secondary N) is 1. The Hall–Kier alpha value is -2.54. The zero-order valence-corrected chi connectivity index (χ0v) is 13.7. The van der Waals surface area contributed by atoms with Gasteiger partial charge in [0.1, 0.15) is 12.1 Å². The zero-order valence-electron chi connectivity index (χ0n) is 12.1. The summed E-state index contributed by atoms with van der Waals surface area (Å²) in [7, 11) is 0. The second-order valence-corrected chi connectivity index (χ2v) is 5.90. The molecule has 3 rings (SSSR count). The van der Waals surface area contributed by atoms with Crippen molar-refractivity contribution in [2.75, 3.05) is 11.9 Å². The number of aromatic nitrogens is 2. The predicted octanol–water partition coefficient (Wildman–Crippen LogP) is 3.96. The molecule has 7 heteroatoms. The van der Waals surface area contributed by atoms with Crippen molar-refractivity contribution < 1.29 is 4.92 Å².